The van der Waals surface area contributed by atoms with Crippen molar-refractivity contribution < 1.29 is 19.1 Å². The summed E-state index contributed by atoms with van der Waals surface area (Å²) in [5.41, 5.74) is 3.91. The third-order valence-corrected chi connectivity index (χ3v) is 7.81. The smallest absolute Gasteiger partial charge is 0.341 e. The quantitative estimate of drug-likeness (QED) is 0.132. The van der Waals surface area contributed by atoms with E-state index in [4.69, 9.17) is 4.74 Å². The van der Waals surface area contributed by atoms with Crippen LogP contribution in [0.1, 0.15) is 44.7 Å². The second kappa shape index (κ2) is 15.3. The summed E-state index contributed by atoms with van der Waals surface area (Å²) in [5.74, 6) is -1.33. The molecule has 0 atom stereocenters. The topological polar surface area (TPSA) is 97.4 Å². The van der Waals surface area contributed by atoms with Gasteiger partial charge in [0, 0.05) is 6.20 Å². The average Bonchev–Trinajstić information content (AvgIpc) is 3.09. The molecule has 2 N–H and O–H groups in total. The fourth-order valence-electron chi connectivity index (χ4n) is 4.71. The van der Waals surface area contributed by atoms with Crippen molar-refractivity contribution in [1.82, 2.24) is 15.6 Å². The number of carbonyl (C=O) groups excluding carboxylic acids is 3. The molecule has 5 aromatic rings. The molecule has 44 heavy (non-hydrogen) atoms. The maximum atomic E-state index is 13.1. The van der Waals surface area contributed by atoms with E-state index in [1.54, 1.807) is 18.3 Å². The van der Waals surface area contributed by atoms with Gasteiger partial charge >= 0.3 is 5.97 Å². The van der Waals surface area contributed by atoms with Crippen molar-refractivity contribution in [2.24, 2.45) is 0 Å². The number of rotatable bonds is 12. The van der Waals surface area contributed by atoms with Crippen LogP contribution in [0.3, 0.4) is 0 Å². The number of amides is 2. The Bertz CT molecular complexity index is 1590. The van der Waals surface area contributed by atoms with Crippen molar-refractivity contribution in [3.8, 4) is 0 Å². The largest absolute Gasteiger partial charge is 0.452 e. The zero-order valence-electron chi connectivity index (χ0n) is 23.8. The van der Waals surface area contributed by atoms with Gasteiger partial charge < -0.3 is 15.4 Å². The highest BCUT2D eigenvalue weighted by Gasteiger charge is 2.21. The Hall–Kier alpha value is -5.21. The minimum Gasteiger partial charge on any atom is -0.452 e. The number of carbonyl (C=O) groups is 3. The second-order valence-corrected chi connectivity index (χ2v) is 10.8. The molecule has 7 nitrogen and oxygen atoms in total. The molecule has 2 amide bonds. The molecule has 0 saturated heterocycles. The van der Waals surface area contributed by atoms with Gasteiger partial charge in [0.1, 0.15) is 5.03 Å². The van der Waals surface area contributed by atoms with Crippen LogP contribution in [0.5, 0.6) is 0 Å². The first-order chi connectivity index (χ1) is 21.6. The van der Waals surface area contributed by atoms with E-state index >= 15 is 0 Å². The summed E-state index contributed by atoms with van der Waals surface area (Å²) in [6, 6.07) is 41.1. The van der Waals surface area contributed by atoms with E-state index in [1.165, 1.54) is 0 Å². The van der Waals surface area contributed by atoms with Crippen molar-refractivity contribution >= 4 is 29.5 Å². The third kappa shape index (κ3) is 8.20. The maximum Gasteiger partial charge on any atom is 0.341 e. The number of benzene rings is 4. The lowest BCUT2D eigenvalue weighted by Gasteiger charge is -2.20. The van der Waals surface area contributed by atoms with Gasteiger partial charge in [-0.3, -0.25) is 9.59 Å². The molecular weight excluding hydrogens is 570 g/mol. The molecule has 0 saturated carbocycles. The molecular formula is C36H31N3O4S. The first-order valence-corrected chi connectivity index (χ1v) is 15.1. The van der Waals surface area contributed by atoms with Crippen LogP contribution in [-0.2, 0) is 14.3 Å². The molecule has 0 aliphatic rings. The number of hydrogen-bond acceptors (Lipinski definition) is 6. The number of ether oxygens (including phenoxy) is 1. The van der Waals surface area contributed by atoms with E-state index in [2.05, 4.69) is 15.6 Å². The number of nitrogens with zero attached hydrogens (tertiary/aromatic N) is 1. The van der Waals surface area contributed by atoms with Crippen LogP contribution in [0.2, 0.25) is 0 Å². The van der Waals surface area contributed by atoms with Crippen molar-refractivity contribution in [1.29, 1.82) is 0 Å². The first-order valence-electron chi connectivity index (χ1n) is 14.1. The number of nitrogens with one attached hydrogen (secondary N) is 2. The third-order valence-electron chi connectivity index (χ3n) is 6.81. The lowest BCUT2D eigenvalue weighted by molar-refractivity contribution is -0.124. The van der Waals surface area contributed by atoms with Gasteiger partial charge in [-0.2, -0.15) is 0 Å². The normalized spacial score (nSPS) is 10.8. The van der Waals surface area contributed by atoms with Crippen molar-refractivity contribution in [3.63, 3.8) is 0 Å². The Morgan fingerprint density at radius 2 is 1.02 bits per heavy atom. The zero-order valence-corrected chi connectivity index (χ0v) is 24.7. The summed E-state index contributed by atoms with van der Waals surface area (Å²) in [6.07, 6.45) is 1.55. The Kier molecular flexibility index (Phi) is 10.5. The molecule has 1 aromatic heterocycles. The van der Waals surface area contributed by atoms with Crippen LogP contribution in [0.15, 0.2) is 145 Å². The summed E-state index contributed by atoms with van der Waals surface area (Å²) in [5, 5.41) is 6.41. The molecule has 5 rings (SSSR count). The van der Waals surface area contributed by atoms with Gasteiger partial charge in [-0.15, -0.1) is 0 Å². The molecule has 0 radical (unpaired) electrons. The minimum atomic E-state index is -0.696. The van der Waals surface area contributed by atoms with E-state index in [0.717, 1.165) is 34.0 Å². The van der Waals surface area contributed by atoms with Gasteiger partial charge in [-0.25, -0.2) is 9.78 Å². The molecule has 1 heterocycles. The number of pyridine rings is 1. The van der Waals surface area contributed by atoms with Crippen molar-refractivity contribution in [2.45, 2.75) is 17.1 Å². The van der Waals surface area contributed by atoms with Crippen LogP contribution in [0.4, 0.5) is 0 Å². The van der Waals surface area contributed by atoms with Crippen LogP contribution in [0, 0.1) is 0 Å². The van der Waals surface area contributed by atoms with Crippen molar-refractivity contribution in [2.75, 3.05) is 12.4 Å². The highest BCUT2D eigenvalue weighted by Crippen LogP contribution is 2.25. The predicted molar refractivity (Wildman–Crippen MR) is 171 cm³/mol. The van der Waals surface area contributed by atoms with Crippen LogP contribution < -0.4 is 10.6 Å². The molecule has 0 spiro atoms. The van der Waals surface area contributed by atoms with Crippen LogP contribution in [-0.4, -0.2) is 35.1 Å². The predicted octanol–water partition coefficient (Wildman–Crippen LogP) is 6.14. The number of esters is 1. The Morgan fingerprint density at radius 1 is 0.591 bits per heavy atom. The zero-order chi connectivity index (χ0) is 30.6. The molecule has 4 aromatic carbocycles. The summed E-state index contributed by atoms with van der Waals surface area (Å²) in [4.78, 5) is 43.3. The minimum absolute atomic E-state index is 0.0315. The molecule has 0 bridgehead atoms. The van der Waals surface area contributed by atoms with E-state index < -0.39 is 24.5 Å². The van der Waals surface area contributed by atoms with Gasteiger partial charge in [0.15, 0.2) is 6.61 Å². The molecule has 0 unspecified atom stereocenters. The maximum absolute atomic E-state index is 13.1. The monoisotopic (exact) mass is 601 g/mol. The Balaban J connectivity index is 1.20. The molecule has 0 fully saturated rings. The Labute approximate surface area is 260 Å². The van der Waals surface area contributed by atoms with Gasteiger partial charge in [-0.05, 0) is 34.4 Å². The van der Waals surface area contributed by atoms with E-state index in [-0.39, 0.29) is 23.3 Å². The second-order valence-electron chi connectivity index (χ2n) is 9.86. The molecule has 8 heteroatoms. The van der Waals surface area contributed by atoms with Crippen LogP contribution >= 0.6 is 11.8 Å². The summed E-state index contributed by atoms with van der Waals surface area (Å²) < 4.78 is 5.39. The Morgan fingerprint density at radius 3 is 1.48 bits per heavy atom. The number of aromatic nitrogens is 1. The first kappa shape index (κ1) is 30.3. The fraction of sp³-hybridized carbons (Fsp3) is 0.111. The van der Waals surface area contributed by atoms with Gasteiger partial charge in [0.05, 0.1) is 23.4 Å². The highest BCUT2D eigenvalue weighted by atomic mass is 32.2. The highest BCUT2D eigenvalue weighted by molar-refractivity contribution is 8.00. The van der Waals surface area contributed by atoms with E-state index in [0.29, 0.717) is 5.03 Å². The summed E-state index contributed by atoms with van der Waals surface area (Å²) >= 11 is 1.13. The number of hydrogen-bond donors (Lipinski definition) is 2. The fourth-order valence-corrected chi connectivity index (χ4v) is 5.50. The van der Waals surface area contributed by atoms with Gasteiger partial charge in [0.2, 0.25) is 5.91 Å². The van der Waals surface area contributed by atoms with Gasteiger partial charge in [0.25, 0.3) is 5.91 Å². The summed E-state index contributed by atoms with van der Waals surface area (Å²) in [7, 11) is 0. The average molecular weight is 602 g/mol. The van der Waals surface area contributed by atoms with Gasteiger partial charge in [-0.1, -0.05) is 133 Å². The van der Waals surface area contributed by atoms with Crippen LogP contribution in [0.25, 0.3) is 0 Å². The molecule has 220 valence electrons. The van der Waals surface area contributed by atoms with E-state index in [9.17, 15) is 14.4 Å². The SMILES string of the molecule is O=C(COC(=O)c1cccnc1SCC(=O)NC(c1ccccc1)c1ccccc1)NC(c1ccccc1)c1ccccc1. The summed E-state index contributed by atoms with van der Waals surface area (Å²) in [6.45, 7) is -0.468. The lowest BCUT2D eigenvalue weighted by Crippen LogP contribution is -2.33. The molecule has 0 aliphatic carbocycles. The van der Waals surface area contributed by atoms with Crippen molar-refractivity contribution in [3.05, 3.63) is 167 Å². The van der Waals surface area contributed by atoms with E-state index in [1.807, 2.05) is 121 Å². The standard InChI is InChI=1S/C36H31N3O4S/c40-31(38-33(26-14-5-1-6-15-26)27-16-7-2-8-17-27)24-43-36(42)30-22-13-23-37-35(30)44-25-32(41)39-34(28-18-9-3-10-19-28)29-20-11-4-12-21-29/h1-23,33-34H,24-25H2,(H,38,40)(H,39,41). The number of thioether (sulfide) groups is 1. The lowest BCUT2D eigenvalue weighted by atomic mass is 9.99. The molecule has 0 aliphatic heterocycles.